The van der Waals surface area contributed by atoms with E-state index < -0.39 is 4.92 Å². The van der Waals surface area contributed by atoms with Gasteiger partial charge in [-0.2, -0.15) is 0 Å². The minimum atomic E-state index is -0.415. The van der Waals surface area contributed by atoms with Crippen LogP contribution in [0.3, 0.4) is 0 Å². The number of carbonyl (C=O) groups excluding carboxylic acids is 1. The molecule has 0 bridgehead atoms. The number of amides is 1. The molecule has 0 atom stereocenters. The number of amidine groups is 1. The van der Waals surface area contributed by atoms with Gasteiger partial charge in [0, 0.05) is 24.4 Å². The van der Waals surface area contributed by atoms with Crippen molar-refractivity contribution in [3.63, 3.8) is 0 Å². The molecule has 1 aromatic carbocycles. The number of nitrogens with zero attached hydrogens (tertiary/aromatic N) is 4. The van der Waals surface area contributed by atoms with Gasteiger partial charge in [-0.1, -0.05) is 31.4 Å². The molecule has 2 aromatic heterocycles. The van der Waals surface area contributed by atoms with Crippen molar-refractivity contribution < 1.29 is 14.1 Å². The zero-order valence-corrected chi connectivity index (χ0v) is 20.0. The largest absolute Gasteiger partial charge is 0.456 e. The van der Waals surface area contributed by atoms with Crippen molar-refractivity contribution in [2.24, 2.45) is 4.99 Å². The molecule has 2 fully saturated rings. The van der Waals surface area contributed by atoms with Crippen molar-refractivity contribution in [1.82, 2.24) is 9.88 Å². The summed E-state index contributed by atoms with van der Waals surface area (Å²) >= 11 is 1.30. The van der Waals surface area contributed by atoms with Crippen LogP contribution >= 0.6 is 11.8 Å². The Morgan fingerprint density at radius 1 is 1.17 bits per heavy atom. The quantitative estimate of drug-likeness (QED) is 0.231. The SMILES string of the molecule is Cc1ccc(-c2ccc(/C=C3/S/C(=N/c4ccccn4)N(C4CCCCC4)C3=O)o2)c([N+](=O)[O-])c1. The van der Waals surface area contributed by atoms with Gasteiger partial charge in [0.1, 0.15) is 11.5 Å². The fourth-order valence-corrected chi connectivity index (χ4v) is 5.48. The Hall–Kier alpha value is -3.72. The van der Waals surface area contributed by atoms with Crippen LogP contribution in [-0.4, -0.2) is 31.9 Å². The predicted octanol–water partition coefficient (Wildman–Crippen LogP) is 6.49. The van der Waals surface area contributed by atoms with Gasteiger partial charge in [0.2, 0.25) is 0 Å². The van der Waals surface area contributed by atoms with Crippen LogP contribution < -0.4 is 0 Å². The Labute approximate surface area is 206 Å². The highest BCUT2D eigenvalue weighted by molar-refractivity contribution is 8.18. The van der Waals surface area contributed by atoms with Gasteiger partial charge in [0.25, 0.3) is 11.6 Å². The molecule has 1 saturated heterocycles. The summed E-state index contributed by atoms with van der Waals surface area (Å²) in [6, 6.07) is 14.0. The van der Waals surface area contributed by atoms with Crippen LogP contribution in [0.2, 0.25) is 0 Å². The number of benzene rings is 1. The Kier molecular flexibility index (Phi) is 6.50. The van der Waals surface area contributed by atoms with E-state index in [1.165, 1.54) is 24.2 Å². The molecular formula is C26H24N4O4S. The van der Waals surface area contributed by atoms with Gasteiger partial charge in [0.05, 0.1) is 15.4 Å². The number of aromatic nitrogens is 1. The molecule has 3 heterocycles. The minimum Gasteiger partial charge on any atom is -0.456 e. The number of hydrogen-bond acceptors (Lipinski definition) is 7. The van der Waals surface area contributed by atoms with Gasteiger partial charge in [-0.3, -0.25) is 19.8 Å². The number of rotatable bonds is 5. The highest BCUT2D eigenvalue weighted by atomic mass is 32.2. The number of hydrogen-bond donors (Lipinski definition) is 0. The molecule has 1 saturated carbocycles. The maximum atomic E-state index is 13.5. The van der Waals surface area contributed by atoms with E-state index in [4.69, 9.17) is 4.42 Å². The molecule has 9 heteroatoms. The van der Waals surface area contributed by atoms with Crippen molar-refractivity contribution >= 4 is 40.4 Å². The number of aryl methyl sites for hydroxylation is 1. The van der Waals surface area contributed by atoms with Gasteiger partial charge in [-0.25, -0.2) is 9.98 Å². The van der Waals surface area contributed by atoms with E-state index in [1.54, 1.807) is 42.3 Å². The molecule has 35 heavy (non-hydrogen) atoms. The molecule has 0 unspecified atom stereocenters. The van der Waals surface area contributed by atoms with E-state index in [9.17, 15) is 14.9 Å². The number of nitro groups is 1. The lowest BCUT2D eigenvalue weighted by Crippen LogP contribution is -2.40. The fourth-order valence-electron chi connectivity index (χ4n) is 4.45. The molecule has 1 aliphatic heterocycles. The second-order valence-corrected chi connectivity index (χ2v) is 9.65. The van der Waals surface area contributed by atoms with Crippen molar-refractivity contribution in [3.8, 4) is 11.3 Å². The van der Waals surface area contributed by atoms with Crippen LogP contribution in [0.25, 0.3) is 17.4 Å². The molecule has 2 aliphatic rings. The highest BCUT2D eigenvalue weighted by Crippen LogP contribution is 2.39. The number of nitro benzene ring substituents is 1. The molecule has 0 radical (unpaired) electrons. The Bertz CT molecular complexity index is 1330. The molecule has 178 valence electrons. The predicted molar refractivity (Wildman–Crippen MR) is 136 cm³/mol. The van der Waals surface area contributed by atoms with Crippen LogP contribution in [0.4, 0.5) is 11.5 Å². The smallest absolute Gasteiger partial charge is 0.280 e. The number of pyridine rings is 1. The van der Waals surface area contributed by atoms with Gasteiger partial charge < -0.3 is 4.42 Å². The fraction of sp³-hybridized carbons (Fsp3) is 0.269. The summed E-state index contributed by atoms with van der Waals surface area (Å²) in [6.45, 7) is 1.81. The van der Waals surface area contributed by atoms with E-state index in [0.717, 1.165) is 31.2 Å². The first-order chi connectivity index (χ1) is 17.0. The molecule has 0 N–H and O–H groups in total. The lowest BCUT2D eigenvalue weighted by Gasteiger charge is -2.30. The lowest BCUT2D eigenvalue weighted by molar-refractivity contribution is -0.384. The third-order valence-corrected chi connectivity index (χ3v) is 7.13. The summed E-state index contributed by atoms with van der Waals surface area (Å²) in [4.78, 5) is 35.9. The summed E-state index contributed by atoms with van der Waals surface area (Å²) in [5.41, 5.74) is 1.18. The van der Waals surface area contributed by atoms with Gasteiger partial charge in [-0.15, -0.1) is 0 Å². The van der Waals surface area contributed by atoms with Crippen molar-refractivity contribution in [2.45, 2.75) is 45.1 Å². The Morgan fingerprint density at radius 2 is 2.00 bits per heavy atom. The second kappa shape index (κ2) is 9.87. The average molecular weight is 489 g/mol. The number of aliphatic imine (C=N–C) groups is 1. The summed E-state index contributed by atoms with van der Waals surface area (Å²) in [7, 11) is 0. The molecule has 1 amide bonds. The minimum absolute atomic E-state index is 0.0156. The maximum Gasteiger partial charge on any atom is 0.280 e. The summed E-state index contributed by atoms with van der Waals surface area (Å²) in [5, 5.41) is 12.1. The zero-order chi connectivity index (χ0) is 24.4. The standard InChI is InChI=1S/C26H24N4O4S/c1-17-10-12-20(21(15-17)30(32)33)22-13-11-19(34-22)16-23-25(31)29(18-7-3-2-4-8-18)26(35-23)28-24-9-5-6-14-27-24/h5-6,9-16,18H,2-4,7-8H2,1H3/b23-16+,28-26+. The van der Waals surface area contributed by atoms with Gasteiger partial charge in [0.15, 0.2) is 11.0 Å². The highest BCUT2D eigenvalue weighted by Gasteiger charge is 2.39. The van der Waals surface area contributed by atoms with E-state index in [2.05, 4.69) is 9.98 Å². The van der Waals surface area contributed by atoms with Crippen LogP contribution in [-0.2, 0) is 4.79 Å². The normalized spacial score (nSPS) is 19.1. The van der Waals surface area contributed by atoms with Crippen molar-refractivity contribution in [3.05, 3.63) is 81.1 Å². The Balaban J connectivity index is 1.47. The Morgan fingerprint density at radius 3 is 2.74 bits per heavy atom. The third-order valence-electron chi connectivity index (χ3n) is 6.15. The summed E-state index contributed by atoms with van der Waals surface area (Å²) in [6.07, 6.45) is 8.62. The van der Waals surface area contributed by atoms with Crippen LogP contribution in [0, 0.1) is 17.0 Å². The molecule has 3 aromatic rings. The average Bonchev–Trinajstić information content (AvgIpc) is 3.44. The zero-order valence-electron chi connectivity index (χ0n) is 19.2. The molecule has 0 spiro atoms. The monoisotopic (exact) mass is 488 g/mol. The van der Waals surface area contributed by atoms with Crippen molar-refractivity contribution in [2.75, 3.05) is 0 Å². The van der Waals surface area contributed by atoms with Crippen LogP contribution in [0.1, 0.15) is 43.4 Å². The summed E-state index contributed by atoms with van der Waals surface area (Å²) in [5.74, 6) is 1.28. The maximum absolute atomic E-state index is 13.5. The first kappa shape index (κ1) is 23.0. The van der Waals surface area contributed by atoms with Gasteiger partial charge >= 0.3 is 0 Å². The topological polar surface area (TPSA) is 102 Å². The molecular weight excluding hydrogens is 464 g/mol. The number of thioether (sulfide) groups is 1. The van der Waals surface area contributed by atoms with E-state index in [1.807, 2.05) is 24.3 Å². The van der Waals surface area contributed by atoms with Gasteiger partial charge in [-0.05, 0) is 67.4 Å². The molecule has 5 rings (SSSR count). The number of furan rings is 1. The third kappa shape index (κ3) is 4.90. The summed E-state index contributed by atoms with van der Waals surface area (Å²) < 4.78 is 5.93. The molecule has 1 aliphatic carbocycles. The van der Waals surface area contributed by atoms with Crippen molar-refractivity contribution in [1.29, 1.82) is 0 Å². The van der Waals surface area contributed by atoms with Crippen LogP contribution in [0.15, 0.2) is 69.0 Å². The first-order valence-electron chi connectivity index (χ1n) is 11.6. The first-order valence-corrected chi connectivity index (χ1v) is 12.4. The van der Waals surface area contributed by atoms with Crippen LogP contribution in [0.5, 0.6) is 0 Å². The van der Waals surface area contributed by atoms with E-state index in [0.29, 0.717) is 33.0 Å². The lowest BCUT2D eigenvalue weighted by atomic mass is 9.94. The van der Waals surface area contributed by atoms with E-state index in [-0.39, 0.29) is 17.6 Å². The second-order valence-electron chi connectivity index (χ2n) is 8.64. The van der Waals surface area contributed by atoms with E-state index >= 15 is 0 Å². The molecule has 8 nitrogen and oxygen atoms in total. The number of carbonyl (C=O) groups is 1.